The van der Waals surface area contributed by atoms with Crippen LogP contribution in [0.4, 0.5) is 5.69 Å². The molecular formula is C15H21ClN2OS2. The van der Waals surface area contributed by atoms with Crippen LogP contribution in [0.1, 0.15) is 23.7 Å². The molecule has 0 bridgehead atoms. The van der Waals surface area contributed by atoms with E-state index in [0.29, 0.717) is 15.8 Å². The molecule has 2 N–H and O–H groups in total. The lowest BCUT2D eigenvalue weighted by Gasteiger charge is -2.21. The maximum Gasteiger partial charge on any atom is 0.253 e. The van der Waals surface area contributed by atoms with Crippen LogP contribution in [-0.4, -0.2) is 41.5 Å². The Morgan fingerprint density at radius 2 is 2.29 bits per heavy atom. The molecule has 1 aliphatic heterocycles. The molecule has 1 unspecified atom stereocenters. The van der Waals surface area contributed by atoms with Crippen molar-refractivity contribution in [2.24, 2.45) is 0 Å². The third-order valence-electron chi connectivity index (χ3n) is 3.17. The molecule has 0 spiro atoms. The van der Waals surface area contributed by atoms with Crippen molar-refractivity contribution in [3.8, 4) is 0 Å². The third-order valence-corrected chi connectivity index (χ3v) is 6.25. The molecule has 1 aromatic rings. The van der Waals surface area contributed by atoms with Gasteiger partial charge in [0.1, 0.15) is 0 Å². The van der Waals surface area contributed by atoms with Gasteiger partial charge in [-0.3, -0.25) is 4.79 Å². The first kappa shape index (κ1) is 16.8. The van der Waals surface area contributed by atoms with E-state index < -0.39 is 0 Å². The number of nitrogens with one attached hydrogen (secondary N) is 2. The molecule has 1 atom stereocenters. The van der Waals surface area contributed by atoms with Crippen molar-refractivity contribution < 1.29 is 4.79 Å². The molecule has 0 aromatic heterocycles. The normalized spacial score (nSPS) is 18.3. The number of carbonyl (C=O) groups excluding carboxylic acids is 1. The fourth-order valence-electron chi connectivity index (χ4n) is 2.07. The summed E-state index contributed by atoms with van der Waals surface area (Å²) in [6.45, 7) is 3.66. The van der Waals surface area contributed by atoms with Gasteiger partial charge in [0, 0.05) is 46.3 Å². The Kier molecular flexibility index (Phi) is 7.07. The molecule has 6 heteroatoms. The number of hydrogen-bond donors (Lipinski definition) is 2. The molecule has 2 rings (SSSR count). The highest BCUT2D eigenvalue weighted by Gasteiger charge is 2.17. The van der Waals surface area contributed by atoms with Crippen molar-refractivity contribution in [3.63, 3.8) is 0 Å². The largest absolute Gasteiger partial charge is 0.384 e. The monoisotopic (exact) mass is 344 g/mol. The molecular weight excluding hydrogens is 324 g/mol. The van der Waals surface area contributed by atoms with Crippen LogP contribution in [-0.2, 0) is 0 Å². The van der Waals surface area contributed by atoms with Crippen LogP contribution in [0, 0.1) is 0 Å². The third kappa shape index (κ3) is 5.31. The van der Waals surface area contributed by atoms with Gasteiger partial charge in [-0.15, -0.1) is 0 Å². The Morgan fingerprint density at radius 1 is 1.43 bits per heavy atom. The summed E-state index contributed by atoms with van der Waals surface area (Å²) < 4.78 is 0. The second kappa shape index (κ2) is 8.81. The zero-order valence-electron chi connectivity index (χ0n) is 12.2. The first-order valence-corrected chi connectivity index (χ1v) is 9.79. The van der Waals surface area contributed by atoms with E-state index in [9.17, 15) is 4.79 Å². The standard InChI is InChI=1S/C15H21ClN2OS2/c1-2-5-17-14-4-3-11(16)8-13(14)15(19)18-9-12-10-20-6-7-21-12/h3-4,8,12,17H,2,5-7,9-10H2,1H3,(H,18,19). The SMILES string of the molecule is CCCNc1ccc(Cl)cc1C(=O)NCC1CSCCS1. The zero-order chi connectivity index (χ0) is 15.1. The summed E-state index contributed by atoms with van der Waals surface area (Å²) in [5.41, 5.74) is 1.48. The van der Waals surface area contributed by atoms with Crippen LogP contribution in [0.25, 0.3) is 0 Å². The number of thioether (sulfide) groups is 2. The Balaban J connectivity index is 1.97. The van der Waals surface area contributed by atoms with Crippen molar-refractivity contribution in [1.29, 1.82) is 0 Å². The van der Waals surface area contributed by atoms with E-state index in [0.717, 1.165) is 31.0 Å². The maximum absolute atomic E-state index is 12.4. The molecule has 3 nitrogen and oxygen atoms in total. The Bertz CT molecular complexity index is 479. The van der Waals surface area contributed by atoms with Crippen LogP contribution in [0.3, 0.4) is 0 Å². The summed E-state index contributed by atoms with van der Waals surface area (Å²) in [6.07, 6.45) is 1.01. The minimum absolute atomic E-state index is 0.0488. The van der Waals surface area contributed by atoms with Crippen LogP contribution in [0.2, 0.25) is 5.02 Å². The zero-order valence-corrected chi connectivity index (χ0v) is 14.5. The van der Waals surface area contributed by atoms with Gasteiger partial charge in [0.25, 0.3) is 5.91 Å². The molecule has 0 aliphatic carbocycles. The summed E-state index contributed by atoms with van der Waals surface area (Å²) in [4.78, 5) is 12.4. The van der Waals surface area contributed by atoms with Crippen LogP contribution in [0.5, 0.6) is 0 Å². The van der Waals surface area contributed by atoms with E-state index in [2.05, 4.69) is 17.6 Å². The summed E-state index contributed by atoms with van der Waals surface area (Å²) in [5, 5.41) is 7.42. The van der Waals surface area contributed by atoms with Crippen LogP contribution >= 0.6 is 35.1 Å². The van der Waals surface area contributed by atoms with Gasteiger partial charge in [-0.25, -0.2) is 0 Å². The van der Waals surface area contributed by atoms with Crippen molar-refractivity contribution in [2.45, 2.75) is 18.6 Å². The Labute approximate surface area is 140 Å². The van der Waals surface area contributed by atoms with Crippen molar-refractivity contribution >= 4 is 46.7 Å². The van der Waals surface area contributed by atoms with E-state index in [1.807, 2.05) is 35.7 Å². The van der Waals surface area contributed by atoms with Gasteiger partial charge in [-0.1, -0.05) is 18.5 Å². The highest BCUT2D eigenvalue weighted by atomic mass is 35.5. The summed E-state index contributed by atoms with van der Waals surface area (Å²) in [6, 6.07) is 5.42. The number of anilines is 1. The fourth-order valence-corrected chi connectivity index (χ4v) is 4.86. The first-order chi connectivity index (χ1) is 10.2. The van der Waals surface area contributed by atoms with Gasteiger partial charge in [0.2, 0.25) is 0 Å². The van der Waals surface area contributed by atoms with E-state index in [-0.39, 0.29) is 5.91 Å². The number of amides is 1. The minimum atomic E-state index is -0.0488. The molecule has 21 heavy (non-hydrogen) atoms. The number of hydrogen-bond acceptors (Lipinski definition) is 4. The van der Waals surface area contributed by atoms with Crippen LogP contribution in [0.15, 0.2) is 18.2 Å². The maximum atomic E-state index is 12.4. The number of halogens is 1. The quantitative estimate of drug-likeness (QED) is 0.824. The second-order valence-corrected chi connectivity index (χ2v) is 7.89. The predicted octanol–water partition coefficient (Wildman–Crippen LogP) is 3.74. The van der Waals surface area contributed by atoms with Gasteiger partial charge < -0.3 is 10.6 Å². The molecule has 116 valence electrons. The molecule has 0 radical (unpaired) electrons. The van der Waals surface area contributed by atoms with Crippen molar-refractivity contribution in [2.75, 3.05) is 35.7 Å². The van der Waals surface area contributed by atoms with Gasteiger partial charge in [-0.2, -0.15) is 23.5 Å². The molecule has 1 heterocycles. The average molecular weight is 345 g/mol. The molecule has 1 amide bonds. The number of carbonyl (C=O) groups is 1. The highest BCUT2D eigenvalue weighted by Crippen LogP contribution is 2.24. The number of benzene rings is 1. The molecule has 1 aliphatic rings. The summed E-state index contributed by atoms with van der Waals surface area (Å²) in [5.74, 6) is 3.45. The van der Waals surface area contributed by atoms with E-state index in [1.165, 1.54) is 11.5 Å². The highest BCUT2D eigenvalue weighted by molar-refractivity contribution is 8.06. The average Bonchev–Trinajstić information content (AvgIpc) is 2.52. The lowest BCUT2D eigenvalue weighted by Crippen LogP contribution is -2.33. The Morgan fingerprint density at radius 3 is 3.00 bits per heavy atom. The summed E-state index contributed by atoms with van der Waals surface area (Å²) >= 11 is 9.93. The van der Waals surface area contributed by atoms with Crippen molar-refractivity contribution in [1.82, 2.24) is 5.32 Å². The Hall–Kier alpha value is -0.520. The molecule has 0 saturated carbocycles. The lowest BCUT2D eigenvalue weighted by atomic mass is 10.1. The lowest BCUT2D eigenvalue weighted by molar-refractivity contribution is 0.0955. The summed E-state index contributed by atoms with van der Waals surface area (Å²) in [7, 11) is 0. The topological polar surface area (TPSA) is 41.1 Å². The van der Waals surface area contributed by atoms with Gasteiger partial charge in [0.05, 0.1) is 5.56 Å². The van der Waals surface area contributed by atoms with Crippen LogP contribution < -0.4 is 10.6 Å². The van der Waals surface area contributed by atoms with Gasteiger partial charge in [-0.05, 0) is 24.6 Å². The van der Waals surface area contributed by atoms with Gasteiger partial charge in [0.15, 0.2) is 0 Å². The smallest absolute Gasteiger partial charge is 0.253 e. The second-order valence-electron chi connectivity index (χ2n) is 4.89. The molecule has 1 aromatic carbocycles. The predicted molar refractivity (Wildman–Crippen MR) is 96.1 cm³/mol. The van der Waals surface area contributed by atoms with Gasteiger partial charge >= 0.3 is 0 Å². The molecule has 1 saturated heterocycles. The van der Waals surface area contributed by atoms with E-state index in [1.54, 1.807) is 6.07 Å². The van der Waals surface area contributed by atoms with Crippen molar-refractivity contribution in [3.05, 3.63) is 28.8 Å². The fraction of sp³-hybridized carbons (Fsp3) is 0.533. The minimum Gasteiger partial charge on any atom is -0.384 e. The molecule has 1 fully saturated rings. The van der Waals surface area contributed by atoms with E-state index in [4.69, 9.17) is 11.6 Å². The first-order valence-electron chi connectivity index (χ1n) is 7.21. The van der Waals surface area contributed by atoms with E-state index >= 15 is 0 Å². The number of rotatable bonds is 6.